The Bertz CT molecular complexity index is 633. The summed E-state index contributed by atoms with van der Waals surface area (Å²) in [5.74, 6) is -0.443. The van der Waals surface area contributed by atoms with Crippen molar-refractivity contribution in [3.8, 4) is 0 Å². The van der Waals surface area contributed by atoms with Gasteiger partial charge in [-0.1, -0.05) is 18.2 Å². The van der Waals surface area contributed by atoms with E-state index in [1.165, 1.54) is 16.2 Å². The van der Waals surface area contributed by atoms with Gasteiger partial charge in [-0.2, -0.15) is 0 Å². The highest BCUT2D eigenvalue weighted by molar-refractivity contribution is 7.14. The lowest BCUT2D eigenvalue weighted by molar-refractivity contribution is -0.116. The van der Waals surface area contributed by atoms with Crippen LogP contribution in [0, 0.1) is 6.92 Å². The van der Waals surface area contributed by atoms with Crippen LogP contribution in [0.3, 0.4) is 0 Å². The summed E-state index contributed by atoms with van der Waals surface area (Å²) in [5.41, 5.74) is 7.05. The predicted molar refractivity (Wildman–Crippen MR) is 85.5 cm³/mol. The van der Waals surface area contributed by atoms with Crippen molar-refractivity contribution in [1.29, 1.82) is 0 Å². The number of nitrogens with one attached hydrogen (secondary N) is 1. The number of amides is 2. The maximum absolute atomic E-state index is 12.2. The van der Waals surface area contributed by atoms with Crippen molar-refractivity contribution in [3.63, 3.8) is 0 Å². The van der Waals surface area contributed by atoms with E-state index in [0.29, 0.717) is 16.3 Å². The fraction of sp³-hybridized carbons (Fsp3) is 0.200. The van der Waals surface area contributed by atoms with Crippen molar-refractivity contribution in [2.75, 3.05) is 24.6 Å². The van der Waals surface area contributed by atoms with E-state index in [4.69, 9.17) is 5.73 Å². The Morgan fingerprint density at radius 2 is 1.95 bits per heavy atom. The summed E-state index contributed by atoms with van der Waals surface area (Å²) < 4.78 is 0. The molecule has 110 valence electrons. The lowest BCUT2D eigenvalue weighted by Crippen LogP contribution is -2.34. The van der Waals surface area contributed by atoms with E-state index >= 15 is 0 Å². The largest absolute Gasteiger partial charge is 0.398 e. The van der Waals surface area contributed by atoms with Gasteiger partial charge in [0.15, 0.2) is 0 Å². The number of para-hydroxylation sites is 1. The number of nitrogens with two attached hydrogens (primary N) is 1. The molecule has 0 fully saturated rings. The maximum Gasteiger partial charge on any atom is 0.264 e. The van der Waals surface area contributed by atoms with Gasteiger partial charge in [0, 0.05) is 23.3 Å². The first kappa shape index (κ1) is 15.1. The second-order valence-corrected chi connectivity index (χ2v) is 5.95. The third-order valence-corrected chi connectivity index (χ3v) is 4.01. The molecule has 0 aliphatic rings. The molecule has 21 heavy (non-hydrogen) atoms. The van der Waals surface area contributed by atoms with Crippen LogP contribution in [0.4, 0.5) is 11.4 Å². The molecular weight excluding hydrogens is 286 g/mol. The molecular formula is C15H17N3O2S. The fourth-order valence-corrected chi connectivity index (χ4v) is 2.73. The van der Waals surface area contributed by atoms with Crippen molar-refractivity contribution >= 4 is 34.5 Å². The number of thiophene rings is 1. The van der Waals surface area contributed by atoms with Gasteiger partial charge in [0.2, 0.25) is 5.91 Å². The first-order chi connectivity index (χ1) is 9.97. The third-order valence-electron chi connectivity index (χ3n) is 2.95. The number of benzene rings is 1. The van der Waals surface area contributed by atoms with Crippen molar-refractivity contribution in [2.24, 2.45) is 0 Å². The van der Waals surface area contributed by atoms with Crippen LogP contribution in [-0.4, -0.2) is 30.3 Å². The molecule has 1 aromatic carbocycles. The van der Waals surface area contributed by atoms with Gasteiger partial charge >= 0.3 is 0 Å². The van der Waals surface area contributed by atoms with Crippen LogP contribution in [-0.2, 0) is 4.79 Å². The molecule has 1 heterocycles. The van der Waals surface area contributed by atoms with E-state index in [2.05, 4.69) is 5.32 Å². The van der Waals surface area contributed by atoms with Crippen LogP contribution in [0.1, 0.15) is 14.5 Å². The van der Waals surface area contributed by atoms with Crippen molar-refractivity contribution < 1.29 is 9.59 Å². The molecule has 0 saturated carbocycles. The molecule has 0 aliphatic heterocycles. The van der Waals surface area contributed by atoms with E-state index < -0.39 is 0 Å². The minimum atomic E-state index is -0.238. The number of hydrogen-bond donors (Lipinski definition) is 2. The SMILES string of the molecule is Cc1sc(C(=O)N(C)CC(=O)Nc2ccccc2)cc1N. The fourth-order valence-electron chi connectivity index (χ4n) is 1.80. The second-order valence-electron chi connectivity index (χ2n) is 4.70. The predicted octanol–water partition coefficient (Wildman–Crippen LogP) is 2.35. The summed E-state index contributed by atoms with van der Waals surface area (Å²) in [6, 6.07) is 10.8. The Hall–Kier alpha value is -2.34. The first-order valence-corrected chi connectivity index (χ1v) is 7.25. The molecule has 0 saturated heterocycles. The van der Waals surface area contributed by atoms with E-state index in [1.807, 2.05) is 25.1 Å². The van der Waals surface area contributed by atoms with Gasteiger partial charge in [-0.25, -0.2) is 0 Å². The third kappa shape index (κ3) is 3.82. The molecule has 2 amide bonds. The molecule has 0 atom stereocenters. The zero-order chi connectivity index (χ0) is 15.4. The van der Waals surface area contributed by atoms with Gasteiger partial charge in [-0.15, -0.1) is 11.3 Å². The van der Waals surface area contributed by atoms with E-state index in [1.54, 1.807) is 25.2 Å². The Morgan fingerprint density at radius 1 is 1.29 bits per heavy atom. The van der Waals surface area contributed by atoms with Crippen LogP contribution in [0.5, 0.6) is 0 Å². The molecule has 0 aliphatic carbocycles. The number of carbonyl (C=O) groups excluding carboxylic acids is 2. The minimum absolute atomic E-state index is 0.00935. The van der Waals surface area contributed by atoms with Crippen LogP contribution in [0.15, 0.2) is 36.4 Å². The number of likely N-dealkylation sites (N-methyl/N-ethyl adjacent to an activating group) is 1. The van der Waals surface area contributed by atoms with Crippen LogP contribution in [0.25, 0.3) is 0 Å². The van der Waals surface area contributed by atoms with Gasteiger partial charge in [0.25, 0.3) is 5.91 Å². The Balaban J connectivity index is 1.96. The summed E-state index contributed by atoms with van der Waals surface area (Å²) >= 11 is 1.33. The smallest absolute Gasteiger partial charge is 0.264 e. The number of carbonyl (C=O) groups is 2. The molecule has 2 rings (SSSR count). The number of nitrogen functional groups attached to an aromatic ring is 1. The molecule has 0 unspecified atom stereocenters. The van der Waals surface area contributed by atoms with Crippen molar-refractivity contribution in [1.82, 2.24) is 4.90 Å². The number of hydrogen-bond acceptors (Lipinski definition) is 4. The lowest BCUT2D eigenvalue weighted by Gasteiger charge is -2.15. The van der Waals surface area contributed by atoms with E-state index in [-0.39, 0.29) is 18.4 Å². The summed E-state index contributed by atoms with van der Waals surface area (Å²) in [7, 11) is 1.60. The summed E-state index contributed by atoms with van der Waals surface area (Å²) in [4.78, 5) is 26.9. The molecule has 0 radical (unpaired) electrons. The summed E-state index contributed by atoms with van der Waals surface area (Å²) in [5, 5.41) is 2.74. The highest BCUT2D eigenvalue weighted by atomic mass is 32.1. The van der Waals surface area contributed by atoms with E-state index in [9.17, 15) is 9.59 Å². The maximum atomic E-state index is 12.2. The zero-order valence-corrected chi connectivity index (χ0v) is 12.7. The molecule has 0 spiro atoms. The Morgan fingerprint density at radius 3 is 2.52 bits per heavy atom. The number of rotatable bonds is 4. The van der Waals surface area contributed by atoms with Crippen molar-refractivity contribution in [2.45, 2.75) is 6.92 Å². The standard InChI is InChI=1S/C15H17N3O2S/c1-10-12(16)8-13(21-10)15(20)18(2)9-14(19)17-11-6-4-3-5-7-11/h3-8H,9,16H2,1-2H3,(H,17,19). The summed E-state index contributed by atoms with van der Waals surface area (Å²) in [6.07, 6.45) is 0. The van der Waals surface area contributed by atoms with Gasteiger partial charge < -0.3 is 16.0 Å². The average molecular weight is 303 g/mol. The Kier molecular flexibility index (Phi) is 4.59. The number of aryl methyl sites for hydroxylation is 1. The van der Waals surface area contributed by atoms with Gasteiger partial charge in [0.05, 0.1) is 11.4 Å². The summed E-state index contributed by atoms with van der Waals surface area (Å²) in [6.45, 7) is 1.85. The topological polar surface area (TPSA) is 75.4 Å². The normalized spacial score (nSPS) is 10.2. The van der Waals surface area contributed by atoms with Crippen LogP contribution < -0.4 is 11.1 Å². The monoisotopic (exact) mass is 303 g/mol. The highest BCUT2D eigenvalue weighted by Gasteiger charge is 2.17. The van der Waals surface area contributed by atoms with E-state index in [0.717, 1.165) is 4.88 Å². The van der Waals surface area contributed by atoms with Gasteiger partial charge in [0.1, 0.15) is 0 Å². The molecule has 6 heteroatoms. The molecule has 0 bridgehead atoms. The molecule has 5 nitrogen and oxygen atoms in total. The Labute approximate surface area is 127 Å². The zero-order valence-electron chi connectivity index (χ0n) is 11.9. The quantitative estimate of drug-likeness (QED) is 0.910. The molecule has 1 aromatic heterocycles. The first-order valence-electron chi connectivity index (χ1n) is 6.43. The highest BCUT2D eigenvalue weighted by Crippen LogP contribution is 2.24. The second kappa shape index (κ2) is 6.41. The minimum Gasteiger partial charge on any atom is -0.398 e. The van der Waals surface area contributed by atoms with Gasteiger partial charge in [-0.05, 0) is 25.1 Å². The van der Waals surface area contributed by atoms with Gasteiger partial charge in [-0.3, -0.25) is 9.59 Å². The lowest BCUT2D eigenvalue weighted by atomic mass is 10.3. The average Bonchev–Trinajstić information content (AvgIpc) is 2.78. The van der Waals surface area contributed by atoms with Crippen LogP contribution in [0.2, 0.25) is 0 Å². The molecule has 2 aromatic rings. The number of nitrogens with zero attached hydrogens (tertiary/aromatic N) is 1. The van der Waals surface area contributed by atoms with Crippen LogP contribution >= 0.6 is 11.3 Å². The molecule has 3 N–H and O–H groups in total. The number of anilines is 2. The van der Waals surface area contributed by atoms with Crippen molar-refractivity contribution in [3.05, 3.63) is 46.2 Å².